The number of fused-ring (bicyclic) bond motifs is 2. The van der Waals surface area contributed by atoms with Crippen LogP contribution in [-0.2, 0) is 25.5 Å². The van der Waals surface area contributed by atoms with Crippen LogP contribution in [-0.4, -0.2) is 68.8 Å². The van der Waals surface area contributed by atoms with E-state index in [1.165, 1.54) is 42.5 Å². The van der Waals surface area contributed by atoms with Crippen LogP contribution >= 0.6 is 11.8 Å². The number of benzene rings is 4. The van der Waals surface area contributed by atoms with Crippen LogP contribution in [0.5, 0.6) is 28.7 Å². The van der Waals surface area contributed by atoms with Gasteiger partial charge in [-0.05, 0) is 84.3 Å². The summed E-state index contributed by atoms with van der Waals surface area (Å²) in [5.74, 6) is -4.22. The van der Waals surface area contributed by atoms with Crippen LogP contribution in [0.15, 0.2) is 88.7 Å². The summed E-state index contributed by atoms with van der Waals surface area (Å²) in [5.41, 5.74) is 3.70. The number of phenols is 4. The van der Waals surface area contributed by atoms with Gasteiger partial charge in [-0.15, -0.1) is 0 Å². The van der Waals surface area contributed by atoms with Crippen molar-refractivity contribution < 1.29 is 54.5 Å². The number of nitrogens with zero attached hydrogens (tertiary/aromatic N) is 1. The van der Waals surface area contributed by atoms with Crippen molar-refractivity contribution >= 4 is 47.1 Å². The van der Waals surface area contributed by atoms with Crippen molar-refractivity contribution in [3.63, 3.8) is 0 Å². The predicted molar refractivity (Wildman–Crippen MR) is 177 cm³/mol. The first kappa shape index (κ1) is 35.0. The molecule has 12 nitrogen and oxygen atoms in total. The highest BCUT2D eigenvalue weighted by molar-refractivity contribution is 7.99. The third kappa shape index (κ3) is 8.50. The summed E-state index contributed by atoms with van der Waals surface area (Å²) in [7, 11) is 3.66. The molecule has 250 valence electrons. The van der Waals surface area contributed by atoms with E-state index in [1.54, 1.807) is 25.8 Å². The van der Waals surface area contributed by atoms with Crippen LogP contribution in [0.2, 0.25) is 0 Å². The Hall–Kier alpha value is -5.82. The second-order valence-corrected chi connectivity index (χ2v) is 11.7. The van der Waals surface area contributed by atoms with E-state index in [9.17, 15) is 45.0 Å². The highest BCUT2D eigenvalue weighted by Gasteiger charge is 2.24. The van der Waals surface area contributed by atoms with Gasteiger partial charge in [-0.3, -0.25) is 4.79 Å². The molecule has 4 aromatic carbocycles. The molecule has 1 aliphatic heterocycles. The largest absolute Gasteiger partial charge is 0.504 e. The monoisotopic (exact) mass is 675 g/mol. The fourth-order valence-corrected chi connectivity index (χ4v) is 5.76. The number of rotatable bonds is 9. The number of carboxylic acid groups (broad SMARTS) is 2. The molecule has 2 unspecified atom stereocenters. The van der Waals surface area contributed by atoms with Crippen LogP contribution in [0.25, 0.3) is 6.08 Å². The first-order valence-corrected chi connectivity index (χ1v) is 15.2. The Balaban J connectivity index is 0.000000219. The molecule has 0 spiro atoms. The molecule has 1 heterocycles. The SMILES string of the molecule is COc1ccc2c(c1)Sc1ccc(C(C)C(=O)O)cc1N2C.O=C(/C=C/c1ccc(O)c(O)c1)OC(Cc1ccc(O)c(O)c1)C(=O)O. The average molecular weight is 676 g/mol. The molecule has 0 amide bonds. The lowest BCUT2D eigenvalue weighted by atomic mass is 10.0. The summed E-state index contributed by atoms with van der Waals surface area (Å²) in [5, 5.41) is 55.6. The average Bonchev–Trinajstić information content (AvgIpc) is 3.06. The maximum Gasteiger partial charge on any atom is 0.345 e. The van der Waals surface area contributed by atoms with Gasteiger partial charge >= 0.3 is 17.9 Å². The third-order valence-electron chi connectivity index (χ3n) is 7.37. The van der Waals surface area contributed by atoms with Crippen LogP contribution in [0.1, 0.15) is 29.5 Å². The van der Waals surface area contributed by atoms with E-state index in [1.807, 2.05) is 43.4 Å². The number of aliphatic carboxylic acids is 2. The molecule has 0 radical (unpaired) electrons. The lowest BCUT2D eigenvalue weighted by Gasteiger charge is -2.30. The van der Waals surface area contributed by atoms with Gasteiger partial charge in [0.25, 0.3) is 0 Å². The van der Waals surface area contributed by atoms with Crippen molar-refractivity contribution in [3.8, 4) is 28.7 Å². The van der Waals surface area contributed by atoms with E-state index in [0.29, 0.717) is 11.1 Å². The normalized spacial score (nSPS) is 12.9. The van der Waals surface area contributed by atoms with Gasteiger partial charge in [0, 0.05) is 29.3 Å². The lowest BCUT2D eigenvalue weighted by Crippen LogP contribution is -2.28. The second-order valence-electron chi connectivity index (χ2n) is 10.7. The Kier molecular flexibility index (Phi) is 11.1. The summed E-state index contributed by atoms with van der Waals surface area (Å²) in [4.78, 5) is 38.6. The summed E-state index contributed by atoms with van der Waals surface area (Å²) in [6.45, 7) is 1.71. The predicted octanol–water partition coefficient (Wildman–Crippen LogP) is 5.88. The van der Waals surface area contributed by atoms with Crippen molar-refractivity contribution in [2.45, 2.75) is 35.2 Å². The van der Waals surface area contributed by atoms with Gasteiger partial charge < -0.3 is 45.0 Å². The van der Waals surface area contributed by atoms with E-state index < -0.39 is 35.7 Å². The summed E-state index contributed by atoms with van der Waals surface area (Å²) in [6.07, 6.45) is 0.565. The maximum atomic E-state index is 11.8. The molecule has 0 saturated carbocycles. The lowest BCUT2D eigenvalue weighted by molar-refractivity contribution is -0.160. The Morgan fingerprint density at radius 3 is 2.10 bits per heavy atom. The third-order valence-corrected chi connectivity index (χ3v) is 8.48. The molecule has 0 aliphatic carbocycles. The minimum absolute atomic E-state index is 0.206. The minimum atomic E-state index is -1.50. The molecule has 0 bridgehead atoms. The van der Waals surface area contributed by atoms with E-state index in [4.69, 9.17) is 9.47 Å². The molecule has 0 fully saturated rings. The van der Waals surface area contributed by atoms with Gasteiger partial charge in [0.1, 0.15) is 5.75 Å². The molecule has 0 saturated heterocycles. The number of hydrogen-bond acceptors (Lipinski definition) is 11. The fraction of sp³-hybridized carbons (Fsp3) is 0.171. The molecule has 1 aliphatic rings. The molecule has 48 heavy (non-hydrogen) atoms. The molecule has 13 heteroatoms. The molecule has 5 rings (SSSR count). The zero-order valence-electron chi connectivity index (χ0n) is 26.0. The summed E-state index contributed by atoms with van der Waals surface area (Å²) >= 11 is 1.68. The van der Waals surface area contributed by atoms with Crippen molar-refractivity contribution in [1.29, 1.82) is 0 Å². The van der Waals surface area contributed by atoms with Crippen LogP contribution in [0.3, 0.4) is 0 Å². The number of carbonyl (C=O) groups is 3. The number of carboxylic acids is 2. The number of carbonyl (C=O) groups excluding carboxylic acids is 1. The van der Waals surface area contributed by atoms with Crippen molar-refractivity contribution in [3.05, 3.63) is 95.6 Å². The highest BCUT2D eigenvalue weighted by Crippen LogP contribution is 2.49. The summed E-state index contributed by atoms with van der Waals surface area (Å²) < 4.78 is 10.2. The molecule has 0 aromatic heterocycles. The quantitative estimate of drug-likeness (QED) is 0.0700. The van der Waals surface area contributed by atoms with Gasteiger partial charge in [0.2, 0.25) is 6.10 Å². The molecular weight excluding hydrogens is 642 g/mol. The van der Waals surface area contributed by atoms with Gasteiger partial charge in [-0.25, -0.2) is 9.59 Å². The number of methoxy groups -OCH3 is 1. The van der Waals surface area contributed by atoms with Crippen molar-refractivity contribution in [1.82, 2.24) is 0 Å². The number of aromatic hydroxyl groups is 4. The topological polar surface area (TPSA) is 194 Å². The van der Waals surface area contributed by atoms with Gasteiger partial charge in [-0.2, -0.15) is 0 Å². The number of phenolic OH excluding ortho intramolecular Hbond substituents is 4. The van der Waals surface area contributed by atoms with Gasteiger partial charge in [0.15, 0.2) is 23.0 Å². The zero-order chi connectivity index (χ0) is 35.1. The van der Waals surface area contributed by atoms with Crippen LogP contribution in [0, 0.1) is 0 Å². The van der Waals surface area contributed by atoms with Gasteiger partial charge in [-0.1, -0.05) is 30.0 Å². The smallest absolute Gasteiger partial charge is 0.345 e. The number of anilines is 2. The standard InChI is InChI=1S/C18H16O8.C17H17NO3S/c19-12-4-1-10(7-14(12)21)3-6-17(23)26-16(18(24)25)9-11-2-5-13(20)15(22)8-11;1-10(17(19)20)11-4-7-15-14(8-11)18(2)13-6-5-12(21-3)9-16(13)22-15/h1-8,16,19-22H,9H2,(H,24,25);4-10H,1-3H3,(H,19,20)/b6-3+;. The van der Waals surface area contributed by atoms with Crippen molar-refractivity contribution in [2.75, 3.05) is 19.1 Å². The first-order valence-electron chi connectivity index (χ1n) is 14.4. The number of hydrogen-bond donors (Lipinski definition) is 6. The zero-order valence-corrected chi connectivity index (χ0v) is 26.8. The molecule has 4 aromatic rings. The number of esters is 1. The van der Waals surface area contributed by atoms with Crippen molar-refractivity contribution in [2.24, 2.45) is 0 Å². The first-order chi connectivity index (χ1) is 22.8. The van der Waals surface area contributed by atoms with E-state index in [2.05, 4.69) is 4.90 Å². The molecule has 6 N–H and O–H groups in total. The summed E-state index contributed by atoms with van der Waals surface area (Å²) in [6, 6.07) is 19.5. The maximum absolute atomic E-state index is 11.8. The fourth-order valence-electron chi connectivity index (χ4n) is 4.60. The van der Waals surface area contributed by atoms with Gasteiger partial charge in [0.05, 0.1) is 24.4 Å². The molecule has 2 atom stereocenters. The van der Waals surface area contributed by atoms with Crippen LogP contribution < -0.4 is 9.64 Å². The highest BCUT2D eigenvalue weighted by atomic mass is 32.2. The van der Waals surface area contributed by atoms with E-state index in [-0.39, 0.29) is 23.7 Å². The van der Waals surface area contributed by atoms with Crippen LogP contribution in [0.4, 0.5) is 11.4 Å². The molecular formula is C35H33NO11S. The second kappa shape index (κ2) is 15.2. The Bertz CT molecular complexity index is 1870. The Labute approximate surface area is 279 Å². The van der Waals surface area contributed by atoms with E-state index in [0.717, 1.165) is 38.6 Å². The Morgan fingerprint density at radius 2 is 1.48 bits per heavy atom. The minimum Gasteiger partial charge on any atom is -0.504 e. The number of ether oxygens (including phenoxy) is 2. The Morgan fingerprint density at radius 1 is 0.792 bits per heavy atom. The van der Waals surface area contributed by atoms with E-state index >= 15 is 0 Å².